The van der Waals surface area contributed by atoms with Crippen molar-refractivity contribution in [3.05, 3.63) is 66.0 Å². The van der Waals surface area contributed by atoms with E-state index in [0.717, 1.165) is 16.7 Å². The molecule has 0 fully saturated rings. The number of ether oxygens (including phenoxy) is 1. The molecule has 3 rings (SSSR count). The number of nitrogens with two attached hydrogens (primary N) is 3. The summed E-state index contributed by atoms with van der Waals surface area (Å²) in [5.74, 6) is 5.96. The number of rotatable bonds is 5. The Labute approximate surface area is 144 Å². The van der Waals surface area contributed by atoms with E-state index in [4.69, 9.17) is 22.0 Å². The molecule has 0 unspecified atom stereocenters. The minimum absolute atomic E-state index is 0.241. The Morgan fingerprint density at radius 2 is 1.72 bits per heavy atom. The summed E-state index contributed by atoms with van der Waals surface area (Å²) in [6, 6.07) is 15.6. The number of hydrogen-bond donors (Lipinski definition) is 4. The van der Waals surface area contributed by atoms with Gasteiger partial charge >= 0.3 is 0 Å². The van der Waals surface area contributed by atoms with Crippen LogP contribution in [0.2, 0.25) is 0 Å². The smallest absolute Gasteiger partial charge is 0.169 e. The molecule has 6 nitrogen and oxygen atoms in total. The number of benzene rings is 2. The fourth-order valence-electron chi connectivity index (χ4n) is 2.45. The molecule has 0 aliphatic rings. The summed E-state index contributed by atoms with van der Waals surface area (Å²) < 4.78 is 19.2. The maximum atomic E-state index is 13.4. The first-order valence-electron chi connectivity index (χ1n) is 7.57. The lowest BCUT2D eigenvalue weighted by Crippen LogP contribution is -2.13. The molecule has 0 aliphatic carbocycles. The number of nitrogens with one attached hydrogen (secondary N) is 1. The molecule has 1 heterocycles. The molecule has 128 valence electrons. The Hall–Kier alpha value is -3.32. The number of halogens is 1. The van der Waals surface area contributed by atoms with Crippen molar-refractivity contribution in [3.63, 3.8) is 0 Å². The molecule has 2 aromatic carbocycles. The SMILES string of the molecule is NNc1nc(N)cc(OCc2cccc(-c3cccc(F)c3)c2)c1N. The molecule has 7 heteroatoms. The highest BCUT2D eigenvalue weighted by molar-refractivity contribution is 5.71. The van der Waals surface area contributed by atoms with Crippen LogP contribution in [0.3, 0.4) is 0 Å². The lowest BCUT2D eigenvalue weighted by Gasteiger charge is -2.13. The van der Waals surface area contributed by atoms with Crippen molar-refractivity contribution in [2.24, 2.45) is 5.84 Å². The first kappa shape index (κ1) is 16.5. The Kier molecular flexibility index (Phi) is 4.67. The van der Waals surface area contributed by atoms with Gasteiger partial charge in [-0.15, -0.1) is 0 Å². The molecule has 0 spiro atoms. The van der Waals surface area contributed by atoms with E-state index in [-0.39, 0.29) is 29.7 Å². The second kappa shape index (κ2) is 7.06. The van der Waals surface area contributed by atoms with Gasteiger partial charge < -0.3 is 21.6 Å². The van der Waals surface area contributed by atoms with Gasteiger partial charge in [-0.2, -0.15) is 0 Å². The highest BCUT2D eigenvalue weighted by Gasteiger charge is 2.10. The summed E-state index contributed by atoms with van der Waals surface area (Å²) in [5.41, 5.74) is 16.9. The average Bonchev–Trinajstić information content (AvgIpc) is 2.62. The number of nitrogens with zero attached hydrogens (tertiary/aromatic N) is 1. The van der Waals surface area contributed by atoms with Crippen LogP contribution in [0.15, 0.2) is 54.6 Å². The highest BCUT2D eigenvalue weighted by atomic mass is 19.1. The van der Waals surface area contributed by atoms with Crippen molar-refractivity contribution < 1.29 is 9.13 Å². The molecule has 0 amide bonds. The van der Waals surface area contributed by atoms with Gasteiger partial charge in [0.2, 0.25) is 0 Å². The molecule has 7 N–H and O–H groups in total. The van der Waals surface area contributed by atoms with Gasteiger partial charge in [0.15, 0.2) is 5.82 Å². The molecule has 0 atom stereocenters. The molecule has 3 aromatic rings. The van der Waals surface area contributed by atoms with Gasteiger partial charge in [0, 0.05) is 6.07 Å². The Morgan fingerprint density at radius 1 is 1.00 bits per heavy atom. The van der Waals surface area contributed by atoms with Gasteiger partial charge in [-0.05, 0) is 34.9 Å². The maximum Gasteiger partial charge on any atom is 0.169 e. The van der Waals surface area contributed by atoms with Crippen LogP contribution in [-0.2, 0) is 6.61 Å². The Bertz CT molecular complexity index is 900. The standard InChI is InChI=1S/C18H18FN5O/c19-14-6-2-5-13(8-14)12-4-1-3-11(7-12)10-25-15-9-16(20)23-18(24-22)17(15)21/h1-9H,10,21-22H2,(H3,20,23,24). The van der Waals surface area contributed by atoms with Crippen molar-refractivity contribution in [2.45, 2.75) is 6.61 Å². The lowest BCUT2D eigenvalue weighted by atomic mass is 10.0. The lowest BCUT2D eigenvalue weighted by molar-refractivity contribution is 0.308. The Balaban J connectivity index is 1.81. The zero-order valence-corrected chi connectivity index (χ0v) is 13.4. The van der Waals surface area contributed by atoms with Crippen molar-refractivity contribution in [3.8, 4) is 16.9 Å². The Morgan fingerprint density at radius 3 is 2.44 bits per heavy atom. The molecular weight excluding hydrogens is 321 g/mol. The number of hydrogen-bond acceptors (Lipinski definition) is 6. The second-order valence-corrected chi connectivity index (χ2v) is 5.45. The molecule has 0 saturated heterocycles. The number of pyridine rings is 1. The summed E-state index contributed by atoms with van der Waals surface area (Å²) in [4.78, 5) is 3.97. The quantitative estimate of drug-likeness (QED) is 0.420. The molecule has 1 aromatic heterocycles. The van der Waals surface area contributed by atoms with Gasteiger partial charge in [0.1, 0.15) is 29.7 Å². The van der Waals surface area contributed by atoms with Gasteiger partial charge in [-0.1, -0.05) is 30.3 Å². The van der Waals surface area contributed by atoms with Crippen LogP contribution in [0.5, 0.6) is 5.75 Å². The van der Waals surface area contributed by atoms with Crippen molar-refractivity contribution in [1.82, 2.24) is 4.98 Å². The summed E-state index contributed by atoms with van der Waals surface area (Å²) >= 11 is 0. The van der Waals surface area contributed by atoms with Crippen LogP contribution >= 0.6 is 0 Å². The first-order chi connectivity index (χ1) is 12.1. The van der Waals surface area contributed by atoms with Gasteiger partial charge in [0.05, 0.1) is 0 Å². The van der Waals surface area contributed by atoms with E-state index in [1.54, 1.807) is 6.07 Å². The van der Waals surface area contributed by atoms with Crippen LogP contribution < -0.4 is 27.5 Å². The topological polar surface area (TPSA) is 112 Å². The zero-order valence-electron chi connectivity index (χ0n) is 13.4. The largest absolute Gasteiger partial charge is 0.486 e. The fraction of sp³-hybridized carbons (Fsp3) is 0.0556. The minimum Gasteiger partial charge on any atom is -0.486 e. The van der Waals surface area contributed by atoms with Crippen LogP contribution in [0, 0.1) is 5.82 Å². The minimum atomic E-state index is -0.277. The van der Waals surface area contributed by atoms with Crippen LogP contribution in [0.25, 0.3) is 11.1 Å². The van der Waals surface area contributed by atoms with E-state index in [2.05, 4.69) is 10.4 Å². The van der Waals surface area contributed by atoms with E-state index in [0.29, 0.717) is 5.75 Å². The first-order valence-corrected chi connectivity index (χ1v) is 7.57. The summed E-state index contributed by atoms with van der Waals surface area (Å²) in [6.45, 7) is 0.265. The number of aromatic nitrogens is 1. The van der Waals surface area contributed by atoms with Gasteiger partial charge in [-0.3, -0.25) is 0 Å². The third kappa shape index (κ3) is 3.78. The maximum absolute atomic E-state index is 13.4. The second-order valence-electron chi connectivity index (χ2n) is 5.45. The number of anilines is 3. The fourth-order valence-corrected chi connectivity index (χ4v) is 2.45. The van der Waals surface area contributed by atoms with E-state index < -0.39 is 0 Å². The summed E-state index contributed by atoms with van der Waals surface area (Å²) in [6.07, 6.45) is 0. The van der Waals surface area contributed by atoms with E-state index in [1.165, 1.54) is 18.2 Å². The van der Waals surface area contributed by atoms with E-state index in [1.807, 2.05) is 30.3 Å². The van der Waals surface area contributed by atoms with Crippen LogP contribution in [0.1, 0.15) is 5.56 Å². The van der Waals surface area contributed by atoms with E-state index in [9.17, 15) is 4.39 Å². The van der Waals surface area contributed by atoms with Gasteiger partial charge in [0.25, 0.3) is 0 Å². The van der Waals surface area contributed by atoms with Gasteiger partial charge in [-0.25, -0.2) is 15.2 Å². The van der Waals surface area contributed by atoms with Crippen LogP contribution in [0.4, 0.5) is 21.7 Å². The molecule has 25 heavy (non-hydrogen) atoms. The number of nitrogen functional groups attached to an aromatic ring is 3. The average molecular weight is 339 g/mol. The van der Waals surface area contributed by atoms with Crippen molar-refractivity contribution >= 4 is 17.3 Å². The number of hydrazine groups is 1. The third-order valence-electron chi connectivity index (χ3n) is 3.66. The molecule has 0 saturated carbocycles. The molecule has 0 bridgehead atoms. The van der Waals surface area contributed by atoms with Crippen LogP contribution in [-0.4, -0.2) is 4.98 Å². The highest BCUT2D eigenvalue weighted by Crippen LogP contribution is 2.30. The molecular formula is C18H18FN5O. The summed E-state index contributed by atoms with van der Waals surface area (Å²) in [7, 11) is 0. The van der Waals surface area contributed by atoms with Crippen molar-refractivity contribution in [1.29, 1.82) is 0 Å². The molecule has 0 radical (unpaired) electrons. The normalized spacial score (nSPS) is 10.5. The zero-order chi connectivity index (χ0) is 17.8. The third-order valence-corrected chi connectivity index (χ3v) is 3.66. The predicted molar refractivity (Wildman–Crippen MR) is 97.0 cm³/mol. The van der Waals surface area contributed by atoms with E-state index >= 15 is 0 Å². The monoisotopic (exact) mass is 339 g/mol. The molecule has 0 aliphatic heterocycles. The van der Waals surface area contributed by atoms with Crippen molar-refractivity contribution in [2.75, 3.05) is 16.9 Å². The predicted octanol–water partition coefficient (Wildman–Crippen LogP) is 2.92. The summed E-state index contributed by atoms with van der Waals surface area (Å²) in [5, 5.41) is 0.